The Bertz CT molecular complexity index is 1020. The highest BCUT2D eigenvalue weighted by molar-refractivity contribution is 5.86. The van der Waals surface area contributed by atoms with Crippen molar-refractivity contribution in [3.05, 3.63) is 72.8 Å². The second-order valence-electron chi connectivity index (χ2n) is 6.66. The maximum absolute atomic E-state index is 11.7. The zero-order valence-corrected chi connectivity index (χ0v) is 16.0. The van der Waals surface area contributed by atoms with Crippen LogP contribution in [0.5, 0.6) is 11.6 Å². The minimum absolute atomic E-state index is 0.0737. The third kappa shape index (κ3) is 4.64. The number of Topliss-reactive ketones (excluding diaryl/α,β-unsaturated/α-hetero) is 1. The van der Waals surface area contributed by atoms with E-state index in [4.69, 9.17) is 4.74 Å². The highest BCUT2D eigenvalue weighted by Gasteiger charge is 2.21. The summed E-state index contributed by atoms with van der Waals surface area (Å²) in [5.41, 5.74) is 2.53. The average molecular weight is 387 g/mol. The monoisotopic (exact) mass is 387 g/mol. The molecule has 29 heavy (non-hydrogen) atoms. The molecular weight excluding hydrogens is 366 g/mol. The predicted molar refractivity (Wildman–Crippen MR) is 111 cm³/mol. The Hall–Kier alpha value is -3.58. The fraction of sp³-hybridized carbons (Fsp3) is 0.182. The zero-order chi connectivity index (χ0) is 20.1. The van der Waals surface area contributed by atoms with Crippen LogP contribution < -0.4 is 15.4 Å². The Morgan fingerprint density at radius 1 is 1.07 bits per heavy atom. The van der Waals surface area contributed by atoms with Crippen molar-refractivity contribution < 1.29 is 9.53 Å². The predicted octanol–water partition coefficient (Wildman–Crippen LogP) is 3.74. The van der Waals surface area contributed by atoms with E-state index in [-0.39, 0.29) is 11.8 Å². The fourth-order valence-corrected chi connectivity index (χ4v) is 3.09. The van der Waals surface area contributed by atoms with Crippen LogP contribution in [-0.4, -0.2) is 33.3 Å². The van der Waals surface area contributed by atoms with Crippen LogP contribution in [0.4, 0.5) is 11.5 Å². The van der Waals surface area contributed by atoms with Crippen LogP contribution in [0, 0.1) is 0 Å². The van der Waals surface area contributed by atoms with Crippen molar-refractivity contribution in [3.63, 3.8) is 0 Å². The number of ketones is 1. The van der Waals surface area contributed by atoms with E-state index in [0.717, 1.165) is 23.5 Å². The first-order valence-corrected chi connectivity index (χ1v) is 9.41. The van der Waals surface area contributed by atoms with Crippen LogP contribution in [0.2, 0.25) is 0 Å². The fourth-order valence-electron chi connectivity index (χ4n) is 3.09. The largest absolute Gasteiger partial charge is 0.437 e. The summed E-state index contributed by atoms with van der Waals surface area (Å²) in [6.45, 7) is 2.28. The number of nitrogens with zero attached hydrogens (tertiary/aromatic N) is 3. The molecule has 2 N–H and O–H groups in total. The first kappa shape index (κ1) is 18.8. The van der Waals surface area contributed by atoms with Crippen LogP contribution in [0.1, 0.15) is 19.0 Å². The number of carbonyl (C=O) groups is 1. The van der Waals surface area contributed by atoms with Crippen LogP contribution >= 0.6 is 0 Å². The number of hydrogen-bond donors (Lipinski definition) is 2. The molecule has 2 aromatic heterocycles. The lowest BCUT2D eigenvalue weighted by Crippen LogP contribution is -2.37. The van der Waals surface area contributed by atoms with Gasteiger partial charge in [0.2, 0.25) is 5.88 Å². The zero-order valence-electron chi connectivity index (χ0n) is 16.0. The SMILES string of the molecule is CC(=O)C1C=C(c2nccnc2Oc2ccc(Nc3ccccn3)cc2)CCN1. The lowest BCUT2D eigenvalue weighted by molar-refractivity contribution is -0.117. The summed E-state index contributed by atoms with van der Waals surface area (Å²) in [6.07, 6.45) is 7.63. The number of aromatic nitrogens is 3. The lowest BCUT2D eigenvalue weighted by atomic mass is 9.99. The molecule has 0 radical (unpaired) electrons. The molecule has 3 aromatic rings. The number of rotatable bonds is 6. The first-order valence-electron chi connectivity index (χ1n) is 9.41. The molecule has 1 aliphatic rings. The number of benzene rings is 1. The van der Waals surface area contributed by atoms with Crippen LogP contribution in [0.15, 0.2) is 67.1 Å². The van der Waals surface area contributed by atoms with Gasteiger partial charge in [-0.1, -0.05) is 12.1 Å². The van der Waals surface area contributed by atoms with Crippen LogP contribution in [0.25, 0.3) is 5.57 Å². The Morgan fingerprint density at radius 3 is 2.66 bits per heavy atom. The average Bonchev–Trinajstić information content (AvgIpc) is 2.76. The molecule has 0 saturated heterocycles. The van der Waals surface area contributed by atoms with Gasteiger partial charge in [-0.15, -0.1) is 0 Å². The van der Waals surface area contributed by atoms with Gasteiger partial charge in [-0.3, -0.25) is 4.79 Å². The molecule has 3 heterocycles. The molecule has 7 heteroatoms. The number of ether oxygens (including phenoxy) is 1. The Balaban J connectivity index is 1.52. The van der Waals surface area contributed by atoms with Gasteiger partial charge in [0.25, 0.3) is 0 Å². The van der Waals surface area contributed by atoms with E-state index in [9.17, 15) is 4.79 Å². The van der Waals surface area contributed by atoms with Gasteiger partial charge in [0.05, 0.1) is 6.04 Å². The third-order valence-corrected chi connectivity index (χ3v) is 4.54. The van der Waals surface area contributed by atoms with Crippen molar-refractivity contribution in [1.29, 1.82) is 0 Å². The Labute approximate surface area is 168 Å². The van der Waals surface area contributed by atoms with E-state index >= 15 is 0 Å². The maximum Gasteiger partial charge on any atom is 0.245 e. The van der Waals surface area contributed by atoms with Crippen molar-refractivity contribution in [2.45, 2.75) is 19.4 Å². The standard InChI is InChI=1S/C22H21N5O2/c1-15(28)19-14-16(9-11-23-19)21-22(26-13-12-25-21)29-18-7-5-17(6-8-18)27-20-4-2-3-10-24-20/h2-8,10,12-14,19,23H,9,11H2,1H3,(H,24,27). The van der Waals surface area contributed by atoms with E-state index in [2.05, 4.69) is 25.6 Å². The molecule has 4 rings (SSSR count). The highest BCUT2D eigenvalue weighted by atomic mass is 16.5. The van der Waals surface area contributed by atoms with Crippen LogP contribution in [0.3, 0.4) is 0 Å². The van der Waals surface area contributed by atoms with E-state index in [0.29, 0.717) is 23.9 Å². The first-order chi connectivity index (χ1) is 14.2. The highest BCUT2D eigenvalue weighted by Crippen LogP contribution is 2.30. The number of anilines is 2. The number of nitrogens with one attached hydrogen (secondary N) is 2. The molecular formula is C22H21N5O2. The summed E-state index contributed by atoms with van der Waals surface area (Å²) in [5.74, 6) is 1.92. The van der Waals surface area contributed by atoms with E-state index in [1.165, 1.54) is 0 Å². The summed E-state index contributed by atoms with van der Waals surface area (Å²) in [5, 5.41) is 6.42. The Morgan fingerprint density at radius 2 is 1.90 bits per heavy atom. The van der Waals surface area contributed by atoms with Crippen molar-refractivity contribution in [2.75, 3.05) is 11.9 Å². The maximum atomic E-state index is 11.7. The van der Waals surface area contributed by atoms with E-state index < -0.39 is 0 Å². The normalized spacial score (nSPS) is 16.0. The van der Waals surface area contributed by atoms with Crippen molar-refractivity contribution in [2.24, 2.45) is 0 Å². The molecule has 1 unspecified atom stereocenters. The summed E-state index contributed by atoms with van der Waals surface area (Å²) >= 11 is 0. The summed E-state index contributed by atoms with van der Waals surface area (Å²) < 4.78 is 6.00. The minimum atomic E-state index is -0.300. The molecule has 7 nitrogen and oxygen atoms in total. The van der Waals surface area contributed by atoms with Crippen molar-refractivity contribution in [3.8, 4) is 11.6 Å². The molecule has 0 fully saturated rings. The van der Waals surface area contributed by atoms with Gasteiger partial charge in [0.15, 0.2) is 5.78 Å². The topological polar surface area (TPSA) is 89.0 Å². The van der Waals surface area contributed by atoms with E-state index in [1.807, 2.05) is 48.5 Å². The van der Waals surface area contributed by atoms with Crippen molar-refractivity contribution >= 4 is 22.9 Å². The van der Waals surface area contributed by atoms with Gasteiger partial charge < -0.3 is 15.4 Å². The molecule has 0 aliphatic carbocycles. The second-order valence-corrected chi connectivity index (χ2v) is 6.66. The lowest BCUT2D eigenvalue weighted by Gasteiger charge is -2.21. The molecule has 1 aliphatic heterocycles. The van der Waals surface area contributed by atoms with E-state index in [1.54, 1.807) is 25.5 Å². The smallest absolute Gasteiger partial charge is 0.245 e. The van der Waals surface area contributed by atoms with Gasteiger partial charge in [-0.25, -0.2) is 15.0 Å². The summed E-state index contributed by atoms with van der Waals surface area (Å²) in [6, 6.07) is 12.9. The van der Waals surface area contributed by atoms with Gasteiger partial charge in [0, 0.05) is 30.8 Å². The van der Waals surface area contributed by atoms with Crippen LogP contribution in [-0.2, 0) is 4.79 Å². The van der Waals surface area contributed by atoms with Gasteiger partial charge in [-0.2, -0.15) is 0 Å². The molecule has 0 amide bonds. The number of pyridine rings is 1. The minimum Gasteiger partial charge on any atom is -0.437 e. The summed E-state index contributed by atoms with van der Waals surface area (Å²) in [7, 11) is 0. The molecule has 1 aromatic carbocycles. The second kappa shape index (κ2) is 8.62. The van der Waals surface area contributed by atoms with Gasteiger partial charge in [-0.05, 0) is 55.3 Å². The third-order valence-electron chi connectivity index (χ3n) is 4.54. The Kier molecular flexibility index (Phi) is 5.58. The van der Waals surface area contributed by atoms with Crippen molar-refractivity contribution in [1.82, 2.24) is 20.3 Å². The molecule has 0 spiro atoms. The summed E-state index contributed by atoms with van der Waals surface area (Å²) in [4.78, 5) is 24.8. The molecule has 1 atom stereocenters. The van der Waals surface area contributed by atoms with Gasteiger partial charge >= 0.3 is 0 Å². The molecule has 146 valence electrons. The quantitative estimate of drug-likeness (QED) is 0.666. The molecule has 0 saturated carbocycles. The molecule has 0 bridgehead atoms. The van der Waals surface area contributed by atoms with Gasteiger partial charge in [0.1, 0.15) is 17.3 Å². The number of hydrogen-bond acceptors (Lipinski definition) is 7. The number of carbonyl (C=O) groups excluding carboxylic acids is 1.